The van der Waals surface area contributed by atoms with E-state index in [0.29, 0.717) is 17.8 Å². The average molecular weight is 426 g/mol. The number of carbonyl (C=O) groups excluding carboxylic acids is 2. The van der Waals surface area contributed by atoms with Crippen LogP contribution in [-0.4, -0.2) is 30.1 Å². The molecule has 1 aromatic carbocycles. The summed E-state index contributed by atoms with van der Waals surface area (Å²) < 4.78 is 16.9. The van der Waals surface area contributed by atoms with Crippen molar-refractivity contribution < 1.29 is 23.5 Å². The Bertz CT molecular complexity index is 958. The van der Waals surface area contributed by atoms with Crippen molar-refractivity contribution in [2.75, 3.05) is 6.61 Å². The average Bonchev–Trinajstić information content (AvgIpc) is 3.09. The van der Waals surface area contributed by atoms with Gasteiger partial charge in [-0.3, -0.25) is 4.79 Å². The molecule has 0 aliphatic heterocycles. The molecule has 0 saturated heterocycles. The number of ether oxygens (including phenoxy) is 2. The van der Waals surface area contributed by atoms with Crippen LogP contribution in [-0.2, 0) is 20.9 Å². The molecule has 0 unspecified atom stereocenters. The van der Waals surface area contributed by atoms with Crippen molar-refractivity contribution in [3.05, 3.63) is 35.6 Å². The Hall–Kier alpha value is -2.34. The standard InChI is InChI=1S/C25H31NO5/c1-3-29-14-20-19-6-4-5-7-21(19)31-22(20)24(28)30-15(2)23(27)26-25-11-16-8-17(12-25)10-18(9-16)13-25/h4-7,15-18H,3,8-14H2,1-2H3,(H,26,27)/t15-,16?,17?,18?,25?/m1/s1. The molecule has 6 heteroatoms. The summed E-state index contributed by atoms with van der Waals surface area (Å²) in [6.45, 7) is 4.32. The summed E-state index contributed by atoms with van der Waals surface area (Å²) in [7, 11) is 0. The van der Waals surface area contributed by atoms with Gasteiger partial charge in [-0.2, -0.15) is 0 Å². The van der Waals surface area contributed by atoms with Gasteiger partial charge in [-0.15, -0.1) is 0 Å². The van der Waals surface area contributed by atoms with Gasteiger partial charge in [0.05, 0.1) is 6.61 Å². The molecule has 6 nitrogen and oxygen atoms in total. The Morgan fingerprint density at radius 2 is 1.77 bits per heavy atom. The fourth-order valence-corrected chi connectivity index (χ4v) is 6.51. The minimum atomic E-state index is -0.881. The lowest BCUT2D eigenvalue weighted by molar-refractivity contribution is -0.135. The van der Waals surface area contributed by atoms with E-state index >= 15 is 0 Å². The number of para-hydroxylation sites is 1. The zero-order valence-corrected chi connectivity index (χ0v) is 18.3. The normalized spacial score (nSPS) is 29.8. The summed E-state index contributed by atoms with van der Waals surface area (Å²) >= 11 is 0. The predicted molar refractivity (Wildman–Crippen MR) is 115 cm³/mol. The van der Waals surface area contributed by atoms with Crippen LogP contribution in [0.1, 0.15) is 68.5 Å². The maximum absolute atomic E-state index is 13.0. The van der Waals surface area contributed by atoms with Crippen LogP contribution in [0, 0.1) is 17.8 Å². The van der Waals surface area contributed by atoms with Crippen LogP contribution in [0.5, 0.6) is 0 Å². The van der Waals surface area contributed by atoms with E-state index < -0.39 is 12.1 Å². The van der Waals surface area contributed by atoms with Gasteiger partial charge in [-0.1, -0.05) is 18.2 Å². The largest absolute Gasteiger partial charge is 0.449 e. The van der Waals surface area contributed by atoms with E-state index in [1.807, 2.05) is 31.2 Å². The molecule has 4 aliphatic rings. The summed E-state index contributed by atoms with van der Waals surface area (Å²) in [5.74, 6) is 1.49. The molecule has 6 rings (SSSR count). The Labute approximate surface area is 182 Å². The van der Waals surface area contributed by atoms with Gasteiger partial charge < -0.3 is 19.2 Å². The molecule has 1 heterocycles. The number of amides is 1. The molecule has 1 amide bonds. The molecular weight excluding hydrogens is 394 g/mol. The van der Waals surface area contributed by atoms with Crippen molar-refractivity contribution in [2.24, 2.45) is 17.8 Å². The SMILES string of the molecule is CCOCc1c(C(=O)O[C@H](C)C(=O)NC23CC4CC(CC(C4)C2)C3)oc2ccccc12. The number of esters is 1. The molecule has 1 atom stereocenters. The fraction of sp³-hybridized carbons (Fsp3) is 0.600. The fourth-order valence-electron chi connectivity index (χ4n) is 6.51. The minimum Gasteiger partial charge on any atom is -0.449 e. The molecule has 0 radical (unpaired) electrons. The van der Waals surface area contributed by atoms with Gasteiger partial charge in [0.25, 0.3) is 5.91 Å². The van der Waals surface area contributed by atoms with Crippen LogP contribution >= 0.6 is 0 Å². The van der Waals surface area contributed by atoms with Crippen molar-refractivity contribution in [3.8, 4) is 0 Å². The third-order valence-electron chi connectivity index (χ3n) is 7.41. The zero-order chi connectivity index (χ0) is 21.6. The highest BCUT2D eigenvalue weighted by molar-refractivity contribution is 5.97. The molecule has 4 saturated carbocycles. The number of hydrogen-bond acceptors (Lipinski definition) is 5. The van der Waals surface area contributed by atoms with E-state index in [-0.39, 0.29) is 23.8 Å². The van der Waals surface area contributed by atoms with Gasteiger partial charge in [0, 0.05) is 23.1 Å². The van der Waals surface area contributed by atoms with Crippen LogP contribution in [0.15, 0.2) is 28.7 Å². The molecule has 1 aromatic heterocycles. The van der Waals surface area contributed by atoms with Gasteiger partial charge in [0.1, 0.15) is 5.58 Å². The van der Waals surface area contributed by atoms with E-state index in [2.05, 4.69) is 5.32 Å². The van der Waals surface area contributed by atoms with Crippen molar-refractivity contribution in [1.29, 1.82) is 0 Å². The minimum absolute atomic E-state index is 0.105. The molecular formula is C25H31NO5. The molecule has 31 heavy (non-hydrogen) atoms. The Kier molecular flexibility index (Phi) is 5.29. The number of benzene rings is 1. The lowest BCUT2D eigenvalue weighted by atomic mass is 9.53. The second-order valence-corrected chi connectivity index (χ2v) is 9.78. The highest BCUT2D eigenvalue weighted by atomic mass is 16.6. The number of rotatable bonds is 7. The summed E-state index contributed by atoms with van der Waals surface area (Å²) in [6, 6.07) is 7.45. The number of nitrogens with one attached hydrogen (secondary N) is 1. The van der Waals surface area contributed by atoms with Gasteiger partial charge in [0.2, 0.25) is 5.76 Å². The summed E-state index contributed by atoms with van der Waals surface area (Å²) in [6.07, 6.45) is 6.25. The second-order valence-electron chi connectivity index (χ2n) is 9.78. The van der Waals surface area contributed by atoms with Crippen LogP contribution in [0.25, 0.3) is 11.0 Å². The Morgan fingerprint density at radius 1 is 1.13 bits per heavy atom. The molecule has 4 bridgehead atoms. The van der Waals surface area contributed by atoms with Crippen molar-refractivity contribution >= 4 is 22.8 Å². The maximum Gasteiger partial charge on any atom is 0.375 e. The maximum atomic E-state index is 13.0. The highest BCUT2D eigenvalue weighted by Gasteiger charge is 2.51. The Balaban J connectivity index is 1.29. The lowest BCUT2D eigenvalue weighted by Gasteiger charge is -2.57. The summed E-state index contributed by atoms with van der Waals surface area (Å²) in [5, 5.41) is 4.11. The van der Waals surface area contributed by atoms with E-state index in [9.17, 15) is 9.59 Å². The zero-order valence-electron chi connectivity index (χ0n) is 18.3. The lowest BCUT2D eigenvalue weighted by Crippen LogP contribution is -2.61. The van der Waals surface area contributed by atoms with Crippen molar-refractivity contribution in [1.82, 2.24) is 5.32 Å². The number of carbonyl (C=O) groups is 2. The van der Waals surface area contributed by atoms with Crippen LogP contribution in [0.3, 0.4) is 0 Å². The van der Waals surface area contributed by atoms with Crippen LogP contribution in [0.2, 0.25) is 0 Å². The van der Waals surface area contributed by atoms with E-state index in [4.69, 9.17) is 13.9 Å². The van der Waals surface area contributed by atoms with E-state index in [1.54, 1.807) is 6.92 Å². The number of hydrogen-bond donors (Lipinski definition) is 1. The summed E-state index contributed by atoms with van der Waals surface area (Å²) in [4.78, 5) is 25.9. The third kappa shape index (κ3) is 3.86. The van der Waals surface area contributed by atoms with Gasteiger partial charge in [0.15, 0.2) is 6.10 Å². The van der Waals surface area contributed by atoms with E-state index in [1.165, 1.54) is 19.3 Å². The smallest absolute Gasteiger partial charge is 0.375 e. The van der Waals surface area contributed by atoms with E-state index in [0.717, 1.165) is 42.4 Å². The first kappa shape index (κ1) is 20.6. The first-order valence-corrected chi connectivity index (χ1v) is 11.6. The topological polar surface area (TPSA) is 77.8 Å². The van der Waals surface area contributed by atoms with Crippen LogP contribution in [0.4, 0.5) is 0 Å². The molecule has 1 N–H and O–H groups in total. The monoisotopic (exact) mass is 425 g/mol. The van der Waals surface area contributed by atoms with Gasteiger partial charge >= 0.3 is 5.97 Å². The molecule has 2 aromatic rings. The predicted octanol–water partition coefficient (Wildman–Crippen LogP) is 4.60. The van der Waals surface area contributed by atoms with Crippen LogP contribution < -0.4 is 5.32 Å². The van der Waals surface area contributed by atoms with Crippen molar-refractivity contribution in [3.63, 3.8) is 0 Å². The quantitative estimate of drug-likeness (QED) is 0.656. The third-order valence-corrected chi connectivity index (χ3v) is 7.41. The second kappa shape index (κ2) is 7.97. The molecule has 0 spiro atoms. The van der Waals surface area contributed by atoms with Gasteiger partial charge in [-0.25, -0.2) is 4.79 Å². The highest BCUT2D eigenvalue weighted by Crippen LogP contribution is 2.55. The number of fused-ring (bicyclic) bond motifs is 1. The first-order chi connectivity index (χ1) is 15.0. The molecule has 4 aliphatic carbocycles. The summed E-state index contributed by atoms with van der Waals surface area (Å²) in [5.41, 5.74) is 1.16. The molecule has 166 valence electrons. The first-order valence-electron chi connectivity index (χ1n) is 11.6. The van der Waals surface area contributed by atoms with Gasteiger partial charge in [-0.05, 0) is 76.2 Å². The Morgan fingerprint density at radius 3 is 2.42 bits per heavy atom. The number of furan rings is 1. The van der Waals surface area contributed by atoms with Crippen molar-refractivity contribution in [2.45, 2.75) is 70.6 Å². The molecule has 4 fully saturated rings.